The SMILES string of the molecule is CCCNc1cc(-n2cc(C)cn2)nc(SC)n1. The molecule has 2 aromatic rings. The molecule has 0 amide bonds. The minimum Gasteiger partial charge on any atom is -0.370 e. The Balaban J connectivity index is 2.34. The summed E-state index contributed by atoms with van der Waals surface area (Å²) in [4.78, 5) is 8.88. The van der Waals surface area contributed by atoms with Crippen molar-refractivity contribution in [2.24, 2.45) is 0 Å². The number of hydrogen-bond donors (Lipinski definition) is 1. The Bertz CT molecular complexity index is 523. The van der Waals surface area contributed by atoms with Crippen molar-refractivity contribution in [3.63, 3.8) is 0 Å². The van der Waals surface area contributed by atoms with Gasteiger partial charge in [-0.05, 0) is 25.2 Å². The molecule has 0 aliphatic carbocycles. The average molecular weight is 263 g/mol. The van der Waals surface area contributed by atoms with Crippen molar-refractivity contribution in [3.05, 3.63) is 24.0 Å². The van der Waals surface area contributed by atoms with Gasteiger partial charge in [0.1, 0.15) is 5.82 Å². The van der Waals surface area contributed by atoms with Crippen LogP contribution >= 0.6 is 11.8 Å². The lowest BCUT2D eigenvalue weighted by Crippen LogP contribution is -2.06. The van der Waals surface area contributed by atoms with Crippen LogP contribution in [0.2, 0.25) is 0 Å². The number of hydrogen-bond acceptors (Lipinski definition) is 5. The van der Waals surface area contributed by atoms with Gasteiger partial charge in [0, 0.05) is 18.8 Å². The van der Waals surface area contributed by atoms with Gasteiger partial charge in [-0.2, -0.15) is 5.10 Å². The maximum absolute atomic E-state index is 4.46. The van der Waals surface area contributed by atoms with E-state index in [1.165, 1.54) is 11.8 Å². The lowest BCUT2D eigenvalue weighted by Gasteiger charge is -2.08. The average Bonchev–Trinajstić information content (AvgIpc) is 2.82. The highest BCUT2D eigenvalue weighted by Gasteiger charge is 2.06. The predicted octanol–water partition coefficient (Wildman–Crippen LogP) is 2.51. The van der Waals surface area contributed by atoms with Gasteiger partial charge in [-0.1, -0.05) is 18.7 Å². The number of thioether (sulfide) groups is 1. The summed E-state index contributed by atoms with van der Waals surface area (Å²) in [5.41, 5.74) is 1.11. The number of anilines is 1. The highest BCUT2D eigenvalue weighted by Crippen LogP contribution is 2.16. The van der Waals surface area contributed by atoms with Gasteiger partial charge in [0.25, 0.3) is 0 Å². The van der Waals surface area contributed by atoms with Crippen LogP contribution in [-0.4, -0.2) is 32.5 Å². The van der Waals surface area contributed by atoms with Crippen LogP contribution in [0, 0.1) is 6.92 Å². The third-order valence-electron chi connectivity index (χ3n) is 2.38. The van der Waals surface area contributed by atoms with E-state index in [0.717, 1.165) is 35.3 Å². The molecular weight excluding hydrogens is 246 g/mol. The van der Waals surface area contributed by atoms with E-state index in [9.17, 15) is 0 Å². The lowest BCUT2D eigenvalue weighted by molar-refractivity contribution is 0.806. The smallest absolute Gasteiger partial charge is 0.191 e. The van der Waals surface area contributed by atoms with Crippen LogP contribution in [0.5, 0.6) is 0 Å². The summed E-state index contributed by atoms with van der Waals surface area (Å²) in [5, 5.41) is 8.30. The number of aromatic nitrogens is 4. The van der Waals surface area contributed by atoms with Crippen LogP contribution < -0.4 is 5.32 Å². The summed E-state index contributed by atoms with van der Waals surface area (Å²) in [5.74, 6) is 1.64. The molecule has 2 aromatic heterocycles. The molecule has 6 heteroatoms. The fourth-order valence-electron chi connectivity index (χ4n) is 1.50. The van der Waals surface area contributed by atoms with Crippen LogP contribution in [0.1, 0.15) is 18.9 Å². The van der Waals surface area contributed by atoms with E-state index in [2.05, 4.69) is 27.3 Å². The molecule has 5 nitrogen and oxygen atoms in total. The van der Waals surface area contributed by atoms with E-state index in [0.29, 0.717) is 0 Å². The zero-order chi connectivity index (χ0) is 13.0. The summed E-state index contributed by atoms with van der Waals surface area (Å²) in [6, 6.07) is 1.92. The number of nitrogens with one attached hydrogen (secondary N) is 1. The Morgan fingerprint density at radius 3 is 2.83 bits per heavy atom. The Labute approximate surface area is 111 Å². The summed E-state index contributed by atoms with van der Waals surface area (Å²) in [6.45, 7) is 5.04. The largest absolute Gasteiger partial charge is 0.370 e. The van der Waals surface area contributed by atoms with Gasteiger partial charge in [-0.25, -0.2) is 14.6 Å². The van der Waals surface area contributed by atoms with Gasteiger partial charge in [-0.3, -0.25) is 0 Å². The minimum absolute atomic E-state index is 0.749. The number of rotatable bonds is 5. The van der Waals surface area contributed by atoms with E-state index < -0.39 is 0 Å². The summed E-state index contributed by atoms with van der Waals surface area (Å²) in [7, 11) is 0. The molecule has 0 radical (unpaired) electrons. The molecular formula is C12H17N5S. The first-order chi connectivity index (χ1) is 8.72. The van der Waals surface area contributed by atoms with Crippen molar-refractivity contribution < 1.29 is 0 Å². The fourth-order valence-corrected chi connectivity index (χ4v) is 1.88. The fraction of sp³-hybridized carbons (Fsp3) is 0.417. The molecule has 0 bridgehead atoms. The molecule has 2 rings (SSSR count). The van der Waals surface area contributed by atoms with E-state index in [1.54, 1.807) is 4.68 Å². The van der Waals surface area contributed by atoms with Gasteiger partial charge in [-0.15, -0.1) is 0 Å². The third-order valence-corrected chi connectivity index (χ3v) is 2.92. The van der Waals surface area contributed by atoms with Gasteiger partial charge in [0.15, 0.2) is 11.0 Å². The van der Waals surface area contributed by atoms with Crippen molar-refractivity contribution in [3.8, 4) is 5.82 Å². The molecule has 0 unspecified atom stereocenters. The molecule has 1 N–H and O–H groups in total. The summed E-state index contributed by atoms with van der Waals surface area (Å²) < 4.78 is 1.77. The van der Waals surface area contributed by atoms with E-state index >= 15 is 0 Å². The first-order valence-corrected chi connectivity index (χ1v) is 7.14. The summed E-state index contributed by atoms with van der Waals surface area (Å²) in [6.07, 6.45) is 6.81. The molecule has 0 spiro atoms. The first kappa shape index (κ1) is 12.9. The van der Waals surface area contributed by atoms with E-state index in [1.807, 2.05) is 31.6 Å². The highest BCUT2D eigenvalue weighted by atomic mass is 32.2. The van der Waals surface area contributed by atoms with E-state index in [4.69, 9.17) is 0 Å². The topological polar surface area (TPSA) is 55.6 Å². The Hall–Kier alpha value is -1.56. The number of nitrogens with zero attached hydrogens (tertiary/aromatic N) is 4. The van der Waals surface area contributed by atoms with E-state index in [-0.39, 0.29) is 0 Å². The van der Waals surface area contributed by atoms with Gasteiger partial charge in [0.2, 0.25) is 0 Å². The van der Waals surface area contributed by atoms with Crippen LogP contribution in [0.15, 0.2) is 23.6 Å². The molecule has 0 atom stereocenters. The van der Waals surface area contributed by atoms with Crippen LogP contribution in [0.25, 0.3) is 5.82 Å². The second-order valence-electron chi connectivity index (χ2n) is 3.99. The van der Waals surface area contributed by atoms with Crippen molar-refractivity contribution in [1.82, 2.24) is 19.7 Å². The normalized spacial score (nSPS) is 10.6. The van der Waals surface area contributed by atoms with Crippen LogP contribution in [0.3, 0.4) is 0 Å². The summed E-state index contributed by atoms with van der Waals surface area (Å²) >= 11 is 1.53. The maximum Gasteiger partial charge on any atom is 0.191 e. The molecule has 96 valence electrons. The van der Waals surface area contributed by atoms with Crippen LogP contribution in [0.4, 0.5) is 5.82 Å². The quantitative estimate of drug-likeness (QED) is 0.663. The minimum atomic E-state index is 0.749. The molecule has 0 fully saturated rings. The monoisotopic (exact) mass is 263 g/mol. The van der Waals surface area contributed by atoms with Gasteiger partial charge in [0.05, 0.1) is 6.20 Å². The Morgan fingerprint density at radius 2 is 2.22 bits per heavy atom. The second-order valence-corrected chi connectivity index (χ2v) is 4.76. The predicted molar refractivity (Wildman–Crippen MR) is 74.5 cm³/mol. The molecule has 0 saturated heterocycles. The molecule has 18 heavy (non-hydrogen) atoms. The molecule has 0 aliphatic rings. The van der Waals surface area contributed by atoms with Crippen molar-refractivity contribution in [1.29, 1.82) is 0 Å². The molecule has 0 aromatic carbocycles. The van der Waals surface area contributed by atoms with Gasteiger partial charge < -0.3 is 5.32 Å². The first-order valence-electron chi connectivity index (χ1n) is 5.91. The third kappa shape index (κ3) is 3.01. The van der Waals surface area contributed by atoms with Gasteiger partial charge >= 0.3 is 0 Å². The van der Waals surface area contributed by atoms with Crippen molar-refractivity contribution in [2.45, 2.75) is 25.4 Å². The van der Waals surface area contributed by atoms with Crippen molar-refractivity contribution >= 4 is 17.6 Å². The Kier molecular flexibility index (Phi) is 4.19. The lowest BCUT2D eigenvalue weighted by atomic mass is 10.4. The molecule has 0 saturated carbocycles. The number of aryl methyl sites for hydroxylation is 1. The molecule has 0 aliphatic heterocycles. The van der Waals surface area contributed by atoms with Crippen molar-refractivity contribution in [2.75, 3.05) is 18.1 Å². The Morgan fingerprint density at radius 1 is 1.39 bits per heavy atom. The zero-order valence-electron chi connectivity index (χ0n) is 10.8. The molecule has 2 heterocycles. The van der Waals surface area contributed by atoms with Crippen LogP contribution in [-0.2, 0) is 0 Å². The highest BCUT2D eigenvalue weighted by molar-refractivity contribution is 7.98. The maximum atomic E-state index is 4.46. The zero-order valence-corrected chi connectivity index (χ0v) is 11.7. The standard InChI is InChI=1S/C12H17N5S/c1-4-5-13-10-6-11(16-12(15-10)18-3)17-8-9(2)7-14-17/h6-8H,4-5H2,1-3H3,(H,13,15,16). The second kappa shape index (κ2) is 5.86.